The van der Waals surface area contributed by atoms with Crippen molar-refractivity contribution in [1.29, 1.82) is 0 Å². The molecule has 1 aromatic rings. The molecule has 0 radical (unpaired) electrons. The number of rotatable bonds is 2. The van der Waals surface area contributed by atoms with E-state index in [9.17, 15) is 4.39 Å². The van der Waals surface area contributed by atoms with E-state index < -0.39 is 0 Å². The smallest absolute Gasteiger partial charge is 0.123 e. The van der Waals surface area contributed by atoms with Gasteiger partial charge in [-0.2, -0.15) is 0 Å². The fraction of sp³-hybridized carbons (Fsp3) is 0.500. The first-order valence-corrected chi connectivity index (χ1v) is 5.32. The largest absolute Gasteiger partial charge is 0.376 e. The predicted molar refractivity (Wildman–Crippen MR) is 57.1 cm³/mol. The molecule has 82 valence electrons. The van der Waals surface area contributed by atoms with Gasteiger partial charge in [-0.25, -0.2) is 4.39 Å². The van der Waals surface area contributed by atoms with Crippen molar-refractivity contribution >= 4 is 0 Å². The molecule has 1 aromatic carbocycles. The van der Waals surface area contributed by atoms with E-state index in [-0.39, 0.29) is 5.82 Å². The van der Waals surface area contributed by atoms with Crippen LogP contribution in [0.15, 0.2) is 24.3 Å². The molecule has 0 spiro atoms. The maximum Gasteiger partial charge on any atom is 0.123 e. The van der Waals surface area contributed by atoms with Crippen molar-refractivity contribution in [1.82, 2.24) is 4.90 Å². The highest BCUT2D eigenvalue weighted by molar-refractivity contribution is 5.15. The van der Waals surface area contributed by atoms with Gasteiger partial charge in [0.05, 0.1) is 12.7 Å². The Kier molecular flexibility index (Phi) is 3.34. The lowest BCUT2D eigenvalue weighted by atomic mass is 10.2. The van der Waals surface area contributed by atoms with Crippen LogP contribution in [0.1, 0.15) is 12.5 Å². The molecule has 1 heterocycles. The van der Waals surface area contributed by atoms with Crippen LogP contribution in [0, 0.1) is 5.82 Å². The van der Waals surface area contributed by atoms with Crippen molar-refractivity contribution in [2.45, 2.75) is 19.6 Å². The number of halogens is 1. The monoisotopic (exact) mass is 209 g/mol. The molecule has 0 saturated carbocycles. The van der Waals surface area contributed by atoms with Gasteiger partial charge >= 0.3 is 0 Å². The summed E-state index contributed by atoms with van der Waals surface area (Å²) < 4.78 is 18.2. The minimum Gasteiger partial charge on any atom is -0.376 e. The minimum atomic E-state index is -0.172. The highest BCUT2D eigenvalue weighted by Gasteiger charge is 2.16. The Morgan fingerprint density at radius 1 is 1.40 bits per heavy atom. The summed E-state index contributed by atoms with van der Waals surface area (Å²) in [5, 5.41) is 0. The Hall–Kier alpha value is -0.930. The highest BCUT2D eigenvalue weighted by atomic mass is 19.1. The summed E-state index contributed by atoms with van der Waals surface area (Å²) in [5.41, 5.74) is 1.16. The standard InChI is InChI=1S/C12H16FNO/c1-10-8-14(6-7-15-10)9-11-2-4-12(13)5-3-11/h2-5,10H,6-9H2,1H3. The summed E-state index contributed by atoms with van der Waals surface area (Å²) in [6.45, 7) is 5.67. The molecule has 0 aromatic heterocycles. The summed E-state index contributed by atoms with van der Waals surface area (Å²) in [6, 6.07) is 6.71. The van der Waals surface area contributed by atoms with Crippen LogP contribution < -0.4 is 0 Å². The predicted octanol–water partition coefficient (Wildman–Crippen LogP) is 2.05. The maximum absolute atomic E-state index is 12.7. The lowest BCUT2D eigenvalue weighted by molar-refractivity contribution is -0.0212. The average Bonchev–Trinajstić information content (AvgIpc) is 2.22. The summed E-state index contributed by atoms with van der Waals surface area (Å²) in [7, 11) is 0. The van der Waals surface area contributed by atoms with Gasteiger partial charge in [0.15, 0.2) is 0 Å². The number of nitrogens with zero attached hydrogens (tertiary/aromatic N) is 1. The summed E-state index contributed by atoms with van der Waals surface area (Å²) >= 11 is 0. The zero-order valence-corrected chi connectivity index (χ0v) is 8.95. The molecule has 1 saturated heterocycles. The Morgan fingerprint density at radius 3 is 2.80 bits per heavy atom. The molecular weight excluding hydrogens is 193 g/mol. The van der Waals surface area contributed by atoms with Crippen LogP contribution in [0.4, 0.5) is 4.39 Å². The topological polar surface area (TPSA) is 12.5 Å². The SMILES string of the molecule is CC1CN(Cc2ccc(F)cc2)CCO1. The second kappa shape index (κ2) is 4.73. The van der Waals surface area contributed by atoms with E-state index in [2.05, 4.69) is 11.8 Å². The van der Waals surface area contributed by atoms with Gasteiger partial charge in [0.2, 0.25) is 0 Å². The molecule has 1 fully saturated rings. The molecule has 1 aliphatic heterocycles. The zero-order chi connectivity index (χ0) is 10.7. The molecule has 2 nitrogen and oxygen atoms in total. The van der Waals surface area contributed by atoms with Gasteiger partial charge in [-0.05, 0) is 24.6 Å². The third-order valence-electron chi connectivity index (χ3n) is 2.64. The van der Waals surface area contributed by atoms with E-state index in [1.807, 2.05) is 12.1 Å². The molecule has 0 amide bonds. The van der Waals surface area contributed by atoms with Crippen LogP contribution in [-0.2, 0) is 11.3 Å². The van der Waals surface area contributed by atoms with E-state index in [1.165, 1.54) is 12.1 Å². The normalized spacial score (nSPS) is 22.9. The number of hydrogen-bond acceptors (Lipinski definition) is 2. The molecule has 1 aliphatic rings. The molecule has 3 heteroatoms. The van der Waals surface area contributed by atoms with Crippen LogP contribution in [0.2, 0.25) is 0 Å². The van der Waals surface area contributed by atoms with Crippen molar-refractivity contribution < 1.29 is 9.13 Å². The lowest BCUT2D eigenvalue weighted by Gasteiger charge is -2.31. The first-order valence-electron chi connectivity index (χ1n) is 5.32. The molecule has 2 rings (SSSR count). The van der Waals surface area contributed by atoms with Crippen molar-refractivity contribution in [3.05, 3.63) is 35.6 Å². The fourth-order valence-corrected chi connectivity index (χ4v) is 1.88. The van der Waals surface area contributed by atoms with Crippen molar-refractivity contribution in [2.75, 3.05) is 19.7 Å². The van der Waals surface area contributed by atoms with Gasteiger partial charge in [0.1, 0.15) is 5.82 Å². The van der Waals surface area contributed by atoms with E-state index in [4.69, 9.17) is 4.74 Å². The van der Waals surface area contributed by atoms with Gasteiger partial charge in [-0.15, -0.1) is 0 Å². The summed E-state index contributed by atoms with van der Waals surface area (Å²) in [5.74, 6) is -0.172. The second-order valence-electron chi connectivity index (χ2n) is 4.04. The van der Waals surface area contributed by atoms with Gasteiger partial charge in [0, 0.05) is 19.6 Å². The molecule has 15 heavy (non-hydrogen) atoms. The average molecular weight is 209 g/mol. The fourth-order valence-electron chi connectivity index (χ4n) is 1.88. The molecule has 1 atom stereocenters. The van der Waals surface area contributed by atoms with Crippen LogP contribution >= 0.6 is 0 Å². The van der Waals surface area contributed by atoms with Crippen LogP contribution in [0.25, 0.3) is 0 Å². The molecule has 0 bridgehead atoms. The molecule has 0 N–H and O–H groups in total. The Balaban J connectivity index is 1.93. The van der Waals surface area contributed by atoms with Crippen molar-refractivity contribution in [3.63, 3.8) is 0 Å². The summed E-state index contributed by atoms with van der Waals surface area (Å²) in [4.78, 5) is 2.33. The van der Waals surface area contributed by atoms with Gasteiger partial charge in [-0.3, -0.25) is 4.90 Å². The van der Waals surface area contributed by atoms with Gasteiger partial charge in [0.25, 0.3) is 0 Å². The second-order valence-corrected chi connectivity index (χ2v) is 4.04. The first-order chi connectivity index (χ1) is 7.24. The third-order valence-corrected chi connectivity index (χ3v) is 2.64. The number of benzene rings is 1. The van der Waals surface area contributed by atoms with Crippen molar-refractivity contribution in [2.24, 2.45) is 0 Å². The van der Waals surface area contributed by atoms with E-state index >= 15 is 0 Å². The Labute approximate surface area is 89.7 Å². The number of ether oxygens (including phenoxy) is 1. The van der Waals surface area contributed by atoms with Gasteiger partial charge in [-0.1, -0.05) is 12.1 Å². The number of hydrogen-bond donors (Lipinski definition) is 0. The van der Waals surface area contributed by atoms with Crippen LogP contribution in [0.5, 0.6) is 0 Å². The third kappa shape index (κ3) is 3.01. The minimum absolute atomic E-state index is 0.172. The lowest BCUT2D eigenvalue weighted by Crippen LogP contribution is -2.40. The molecular formula is C12H16FNO. The van der Waals surface area contributed by atoms with Gasteiger partial charge < -0.3 is 4.74 Å². The van der Waals surface area contributed by atoms with E-state index in [1.54, 1.807) is 0 Å². The van der Waals surface area contributed by atoms with Crippen LogP contribution in [-0.4, -0.2) is 30.7 Å². The van der Waals surface area contributed by atoms with Crippen LogP contribution in [0.3, 0.4) is 0 Å². The summed E-state index contributed by atoms with van der Waals surface area (Å²) in [6.07, 6.45) is 0.305. The van der Waals surface area contributed by atoms with E-state index in [0.717, 1.165) is 31.8 Å². The Morgan fingerprint density at radius 2 is 2.13 bits per heavy atom. The molecule has 0 aliphatic carbocycles. The first kappa shape index (κ1) is 10.6. The van der Waals surface area contributed by atoms with Crippen molar-refractivity contribution in [3.8, 4) is 0 Å². The molecule has 1 unspecified atom stereocenters. The highest BCUT2D eigenvalue weighted by Crippen LogP contribution is 2.10. The zero-order valence-electron chi connectivity index (χ0n) is 8.95. The quantitative estimate of drug-likeness (QED) is 0.739. The Bertz CT molecular complexity index is 312. The van der Waals surface area contributed by atoms with E-state index in [0.29, 0.717) is 6.10 Å². The maximum atomic E-state index is 12.7. The number of morpholine rings is 1.